The van der Waals surface area contributed by atoms with Gasteiger partial charge in [-0.2, -0.15) is 9.97 Å². The van der Waals surface area contributed by atoms with Crippen LogP contribution in [0.2, 0.25) is 0 Å². The standard InChI is InChI=1S/C13H9BrN4S/c14-9-6-10(19-7-9)12-16-11(17-13(15)18-12)8-4-2-1-3-5-8/h1-7H,(H2,15,16,17,18). The summed E-state index contributed by atoms with van der Waals surface area (Å²) in [5, 5.41) is 1.98. The van der Waals surface area contributed by atoms with E-state index in [9.17, 15) is 0 Å². The van der Waals surface area contributed by atoms with Gasteiger partial charge in [0, 0.05) is 15.4 Å². The number of rotatable bonds is 2. The van der Waals surface area contributed by atoms with Gasteiger partial charge in [0.2, 0.25) is 5.95 Å². The van der Waals surface area contributed by atoms with Gasteiger partial charge in [-0.3, -0.25) is 0 Å². The number of anilines is 1. The molecule has 0 saturated carbocycles. The van der Waals surface area contributed by atoms with Crippen LogP contribution in [0, 0.1) is 0 Å². The van der Waals surface area contributed by atoms with Crippen molar-refractivity contribution in [3.8, 4) is 22.1 Å². The van der Waals surface area contributed by atoms with Crippen LogP contribution in [0.1, 0.15) is 0 Å². The minimum absolute atomic E-state index is 0.230. The number of hydrogen-bond acceptors (Lipinski definition) is 5. The summed E-state index contributed by atoms with van der Waals surface area (Å²) in [5.74, 6) is 1.42. The fourth-order valence-electron chi connectivity index (χ4n) is 1.65. The molecule has 0 radical (unpaired) electrons. The number of halogens is 1. The maximum Gasteiger partial charge on any atom is 0.224 e. The van der Waals surface area contributed by atoms with E-state index in [2.05, 4.69) is 30.9 Å². The fourth-order valence-corrected chi connectivity index (χ4v) is 3.01. The normalized spacial score (nSPS) is 10.6. The van der Waals surface area contributed by atoms with E-state index in [0.29, 0.717) is 11.6 Å². The Morgan fingerprint density at radius 1 is 1.00 bits per heavy atom. The summed E-state index contributed by atoms with van der Waals surface area (Å²) in [6, 6.07) is 11.7. The van der Waals surface area contributed by atoms with Crippen molar-refractivity contribution in [2.75, 3.05) is 5.73 Å². The number of benzene rings is 1. The highest BCUT2D eigenvalue weighted by atomic mass is 79.9. The van der Waals surface area contributed by atoms with Gasteiger partial charge in [0.25, 0.3) is 0 Å². The van der Waals surface area contributed by atoms with Crippen LogP contribution in [0.4, 0.5) is 5.95 Å². The topological polar surface area (TPSA) is 64.7 Å². The number of nitrogens with two attached hydrogens (primary N) is 1. The molecule has 2 aromatic heterocycles. The lowest BCUT2D eigenvalue weighted by Crippen LogP contribution is -2.01. The Kier molecular flexibility index (Phi) is 3.27. The molecule has 0 aliphatic carbocycles. The maximum absolute atomic E-state index is 5.77. The number of nitrogen functional groups attached to an aromatic ring is 1. The van der Waals surface area contributed by atoms with Gasteiger partial charge in [-0.15, -0.1) is 11.3 Å². The van der Waals surface area contributed by atoms with Crippen LogP contribution < -0.4 is 5.73 Å². The molecule has 0 spiro atoms. The molecule has 19 heavy (non-hydrogen) atoms. The molecule has 3 aromatic rings. The van der Waals surface area contributed by atoms with E-state index >= 15 is 0 Å². The van der Waals surface area contributed by atoms with E-state index in [0.717, 1.165) is 14.9 Å². The first-order valence-electron chi connectivity index (χ1n) is 5.54. The zero-order valence-corrected chi connectivity index (χ0v) is 12.1. The molecule has 6 heteroatoms. The van der Waals surface area contributed by atoms with Crippen molar-refractivity contribution in [2.24, 2.45) is 0 Å². The minimum atomic E-state index is 0.230. The Balaban J connectivity index is 2.11. The Hall–Kier alpha value is -1.79. The Bertz CT molecular complexity index is 712. The van der Waals surface area contributed by atoms with Gasteiger partial charge in [-0.1, -0.05) is 30.3 Å². The Morgan fingerprint density at radius 2 is 1.74 bits per heavy atom. The summed E-state index contributed by atoms with van der Waals surface area (Å²) in [4.78, 5) is 13.8. The average Bonchev–Trinajstić information content (AvgIpc) is 2.86. The molecule has 0 bridgehead atoms. The molecule has 2 N–H and O–H groups in total. The van der Waals surface area contributed by atoms with Gasteiger partial charge in [0.1, 0.15) is 0 Å². The molecule has 0 saturated heterocycles. The summed E-state index contributed by atoms with van der Waals surface area (Å²) in [6.07, 6.45) is 0. The van der Waals surface area contributed by atoms with Crippen LogP contribution in [-0.4, -0.2) is 15.0 Å². The molecular formula is C13H9BrN4S. The highest BCUT2D eigenvalue weighted by Crippen LogP contribution is 2.28. The van der Waals surface area contributed by atoms with Crippen molar-refractivity contribution in [1.29, 1.82) is 0 Å². The van der Waals surface area contributed by atoms with Crippen molar-refractivity contribution in [3.63, 3.8) is 0 Å². The van der Waals surface area contributed by atoms with Gasteiger partial charge >= 0.3 is 0 Å². The molecule has 0 amide bonds. The molecule has 2 heterocycles. The third-order valence-electron chi connectivity index (χ3n) is 2.47. The van der Waals surface area contributed by atoms with Gasteiger partial charge in [-0.05, 0) is 22.0 Å². The number of thiophene rings is 1. The second-order valence-corrected chi connectivity index (χ2v) is 5.66. The lowest BCUT2D eigenvalue weighted by Gasteiger charge is -2.03. The molecule has 0 fully saturated rings. The number of nitrogens with zero attached hydrogens (tertiary/aromatic N) is 3. The van der Waals surface area contributed by atoms with Crippen LogP contribution in [0.15, 0.2) is 46.3 Å². The Labute approximate surface area is 122 Å². The minimum Gasteiger partial charge on any atom is -0.368 e. The van der Waals surface area contributed by atoms with Crippen molar-refractivity contribution in [3.05, 3.63) is 46.3 Å². The SMILES string of the molecule is Nc1nc(-c2ccccc2)nc(-c2cc(Br)cs2)n1. The molecule has 0 aliphatic rings. The monoisotopic (exact) mass is 332 g/mol. The average molecular weight is 333 g/mol. The predicted octanol–water partition coefficient (Wildman–Crippen LogP) is 3.61. The molecule has 3 rings (SSSR count). The summed E-state index contributed by atoms with van der Waals surface area (Å²) in [7, 11) is 0. The lowest BCUT2D eigenvalue weighted by molar-refractivity contribution is 1.08. The first kappa shape index (κ1) is 12.3. The summed E-state index contributed by atoms with van der Waals surface area (Å²) >= 11 is 4.98. The van der Waals surface area contributed by atoms with Gasteiger partial charge in [0.15, 0.2) is 11.6 Å². The molecule has 94 valence electrons. The lowest BCUT2D eigenvalue weighted by atomic mass is 10.2. The third-order valence-corrected chi connectivity index (χ3v) is 4.16. The molecule has 0 unspecified atom stereocenters. The second kappa shape index (κ2) is 5.07. The molecular weight excluding hydrogens is 324 g/mol. The van der Waals surface area contributed by atoms with Crippen LogP contribution in [-0.2, 0) is 0 Å². The van der Waals surface area contributed by atoms with Gasteiger partial charge in [-0.25, -0.2) is 4.98 Å². The Morgan fingerprint density at radius 3 is 2.42 bits per heavy atom. The zero-order valence-electron chi connectivity index (χ0n) is 9.75. The highest BCUT2D eigenvalue weighted by molar-refractivity contribution is 9.10. The van der Waals surface area contributed by atoms with Crippen molar-refractivity contribution in [1.82, 2.24) is 15.0 Å². The van der Waals surface area contributed by atoms with Crippen molar-refractivity contribution < 1.29 is 0 Å². The maximum atomic E-state index is 5.77. The first-order chi connectivity index (χ1) is 9.22. The predicted molar refractivity (Wildman–Crippen MR) is 80.7 cm³/mol. The first-order valence-corrected chi connectivity index (χ1v) is 7.21. The van der Waals surface area contributed by atoms with E-state index in [1.807, 2.05) is 41.8 Å². The third kappa shape index (κ3) is 2.64. The van der Waals surface area contributed by atoms with Crippen molar-refractivity contribution >= 4 is 33.2 Å². The zero-order chi connectivity index (χ0) is 13.2. The summed E-state index contributed by atoms with van der Waals surface area (Å²) in [5.41, 5.74) is 6.70. The van der Waals surface area contributed by atoms with Crippen molar-refractivity contribution in [2.45, 2.75) is 0 Å². The van der Waals surface area contributed by atoms with Crippen LogP contribution >= 0.6 is 27.3 Å². The van der Waals surface area contributed by atoms with E-state index in [4.69, 9.17) is 5.73 Å². The van der Waals surface area contributed by atoms with Crippen LogP contribution in [0.25, 0.3) is 22.1 Å². The summed E-state index contributed by atoms with van der Waals surface area (Å²) < 4.78 is 1.01. The van der Waals surface area contributed by atoms with E-state index in [-0.39, 0.29) is 5.95 Å². The van der Waals surface area contributed by atoms with Crippen LogP contribution in [0.3, 0.4) is 0 Å². The second-order valence-electron chi connectivity index (χ2n) is 3.84. The molecule has 1 aromatic carbocycles. The molecule has 0 atom stereocenters. The largest absolute Gasteiger partial charge is 0.368 e. The molecule has 0 aliphatic heterocycles. The summed E-state index contributed by atoms with van der Waals surface area (Å²) in [6.45, 7) is 0. The van der Waals surface area contributed by atoms with Gasteiger partial charge in [0.05, 0.1) is 4.88 Å². The number of aromatic nitrogens is 3. The highest BCUT2D eigenvalue weighted by Gasteiger charge is 2.10. The van der Waals surface area contributed by atoms with E-state index < -0.39 is 0 Å². The van der Waals surface area contributed by atoms with Crippen LogP contribution in [0.5, 0.6) is 0 Å². The smallest absolute Gasteiger partial charge is 0.224 e. The molecule has 4 nitrogen and oxygen atoms in total. The quantitative estimate of drug-likeness (QED) is 0.778. The van der Waals surface area contributed by atoms with E-state index in [1.54, 1.807) is 11.3 Å². The fraction of sp³-hybridized carbons (Fsp3) is 0. The van der Waals surface area contributed by atoms with Gasteiger partial charge < -0.3 is 5.73 Å². The van der Waals surface area contributed by atoms with E-state index in [1.165, 1.54) is 0 Å². The number of hydrogen-bond donors (Lipinski definition) is 1.